The molecule has 2 rings (SSSR count). The lowest BCUT2D eigenvalue weighted by atomic mass is 9.78. The first kappa shape index (κ1) is 16.0. The second kappa shape index (κ2) is 6.92. The first-order chi connectivity index (χ1) is 8.59. The van der Waals surface area contributed by atoms with Crippen LogP contribution in [0.15, 0.2) is 24.3 Å². The van der Waals surface area contributed by atoms with Crippen LogP contribution in [0.25, 0.3) is 0 Å². The summed E-state index contributed by atoms with van der Waals surface area (Å²) in [7, 11) is 0. The van der Waals surface area contributed by atoms with Gasteiger partial charge in [-0.1, -0.05) is 24.3 Å². The number of amides is 1. The van der Waals surface area contributed by atoms with Crippen LogP contribution >= 0.6 is 12.4 Å². The van der Waals surface area contributed by atoms with E-state index in [9.17, 15) is 4.79 Å². The van der Waals surface area contributed by atoms with E-state index < -0.39 is 0 Å². The SMILES string of the molecule is Cc1ccccc1CCC(=O)NCC1(N)CCC1.Cl. The maximum Gasteiger partial charge on any atom is 0.220 e. The van der Waals surface area contributed by atoms with E-state index in [2.05, 4.69) is 24.4 Å². The fourth-order valence-electron chi connectivity index (χ4n) is 2.31. The Labute approximate surface area is 121 Å². The molecule has 1 saturated carbocycles. The van der Waals surface area contributed by atoms with Crippen LogP contribution in [-0.2, 0) is 11.2 Å². The number of hydrogen-bond donors (Lipinski definition) is 2. The van der Waals surface area contributed by atoms with E-state index in [4.69, 9.17) is 5.73 Å². The largest absolute Gasteiger partial charge is 0.354 e. The van der Waals surface area contributed by atoms with Crippen molar-refractivity contribution in [1.29, 1.82) is 0 Å². The number of carbonyl (C=O) groups excluding carboxylic acids is 1. The molecule has 0 heterocycles. The molecule has 1 aliphatic rings. The van der Waals surface area contributed by atoms with Gasteiger partial charge in [0.1, 0.15) is 0 Å². The van der Waals surface area contributed by atoms with Gasteiger partial charge in [0.15, 0.2) is 0 Å². The normalized spacial score (nSPS) is 16.1. The molecule has 3 nitrogen and oxygen atoms in total. The second-order valence-electron chi connectivity index (χ2n) is 5.42. The third-order valence-corrected chi connectivity index (χ3v) is 3.87. The van der Waals surface area contributed by atoms with Crippen molar-refractivity contribution in [2.75, 3.05) is 6.54 Å². The summed E-state index contributed by atoms with van der Waals surface area (Å²) in [6, 6.07) is 8.20. The standard InChI is InChI=1S/C15H22N2O.ClH/c1-12-5-2-3-6-13(12)7-8-14(18)17-11-15(16)9-4-10-15;/h2-3,5-6H,4,7-11,16H2,1H3,(H,17,18);1H. The van der Waals surface area contributed by atoms with Crippen molar-refractivity contribution in [3.05, 3.63) is 35.4 Å². The highest BCUT2D eigenvalue weighted by atomic mass is 35.5. The van der Waals surface area contributed by atoms with Gasteiger partial charge in [0.25, 0.3) is 0 Å². The Morgan fingerprint density at radius 2 is 2.05 bits per heavy atom. The van der Waals surface area contributed by atoms with Crippen molar-refractivity contribution in [3.63, 3.8) is 0 Å². The van der Waals surface area contributed by atoms with Gasteiger partial charge in [-0.3, -0.25) is 4.79 Å². The molecule has 0 aliphatic heterocycles. The Bertz CT molecular complexity index is 430. The third kappa shape index (κ3) is 4.51. The molecule has 1 fully saturated rings. The molecule has 4 heteroatoms. The highest BCUT2D eigenvalue weighted by Crippen LogP contribution is 2.28. The molecule has 1 aromatic rings. The molecule has 0 atom stereocenters. The summed E-state index contributed by atoms with van der Waals surface area (Å²) in [5.41, 5.74) is 8.44. The number of benzene rings is 1. The minimum atomic E-state index is -0.127. The maximum absolute atomic E-state index is 11.7. The molecule has 19 heavy (non-hydrogen) atoms. The first-order valence-electron chi connectivity index (χ1n) is 6.69. The zero-order valence-corrected chi connectivity index (χ0v) is 12.3. The van der Waals surface area contributed by atoms with Crippen molar-refractivity contribution in [1.82, 2.24) is 5.32 Å². The minimum Gasteiger partial charge on any atom is -0.354 e. The molecule has 3 N–H and O–H groups in total. The molecule has 106 valence electrons. The molecule has 0 radical (unpaired) electrons. The average Bonchev–Trinajstić information content (AvgIpc) is 2.33. The Morgan fingerprint density at radius 1 is 1.37 bits per heavy atom. The van der Waals surface area contributed by atoms with E-state index in [0.29, 0.717) is 13.0 Å². The number of nitrogens with one attached hydrogen (secondary N) is 1. The van der Waals surface area contributed by atoms with Crippen LogP contribution in [0.5, 0.6) is 0 Å². The van der Waals surface area contributed by atoms with Gasteiger partial charge in [0.05, 0.1) is 0 Å². The Morgan fingerprint density at radius 3 is 2.63 bits per heavy atom. The van der Waals surface area contributed by atoms with Gasteiger partial charge >= 0.3 is 0 Å². The lowest BCUT2D eigenvalue weighted by Gasteiger charge is -2.38. The number of rotatable bonds is 5. The van der Waals surface area contributed by atoms with Crippen LogP contribution in [0.1, 0.15) is 36.8 Å². The zero-order chi connectivity index (χ0) is 13.0. The Balaban J connectivity index is 0.00000180. The minimum absolute atomic E-state index is 0. The van der Waals surface area contributed by atoms with Gasteiger partial charge in [-0.15, -0.1) is 12.4 Å². The quantitative estimate of drug-likeness (QED) is 0.871. The predicted molar refractivity (Wildman–Crippen MR) is 80.5 cm³/mol. The number of carbonyl (C=O) groups is 1. The van der Waals surface area contributed by atoms with Crippen LogP contribution in [0, 0.1) is 6.92 Å². The summed E-state index contributed by atoms with van der Waals surface area (Å²) in [6.45, 7) is 2.70. The smallest absolute Gasteiger partial charge is 0.220 e. The zero-order valence-electron chi connectivity index (χ0n) is 11.4. The monoisotopic (exact) mass is 282 g/mol. The van der Waals surface area contributed by atoms with Crippen LogP contribution in [0.4, 0.5) is 0 Å². The van der Waals surface area contributed by atoms with Crippen LogP contribution in [0.2, 0.25) is 0 Å². The van der Waals surface area contributed by atoms with E-state index in [1.165, 1.54) is 17.5 Å². The van der Waals surface area contributed by atoms with Gasteiger partial charge in [0.2, 0.25) is 5.91 Å². The Kier molecular flexibility index (Phi) is 5.83. The third-order valence-electron chi connectivity index (χ3n) is 3.87. The Hall–Kier alpha value is -1.06. The highest BCUT2D eigenvalue weighted by Gasteiger charge is 2.32. The lowest BCUT2D eigenvalue weighted by molar-refractivity contribution is -0.121. The molecule has 1 aliphatic carbocycles. The van der Waals surface area contributed by atoms with Crippen LogP contribution < -0.4 is 11.1 Å². The molecule has 0 unspecified atom stereocenters. The van der Waals surface area contributed by atoms with Crippen LogP contribution in [0.3, 0.4) is 0 Å². The fourth-order valence-corrected chi connectivity index (χ4v) is 2.31. The molecule has 0 aromatic heterocycles. The van der Waals surface area contributed by atoms with E-state index in [1.807, 2.05) is 12.1 Å². The summed E-state index contributed by atoms with van der Waals surface area (Å²) in [5, 5.41) is 2.95. The molecule has 1 amide bonds. The van der Waals surface area contributed by atoms with Crippen molar-refractivity contribution in [2.45, 2.75) is 44.6 Å². The number of hydrogen-bond acceptors (Lipinski definition) is 2. The molecular formula is C15H23ClN2O. The average molecular weight is 283 g/mol. The van der Waals surface area contributed by atoms with Gasteiger partial charge in [-0.2, -0.15) is 0 Å². The maximum atomic E-state index is 11.7. The van der Waals surface area contributed by atoms with Gasteiger partial charge in [-0.05, 0) is 43.7 Å². The number of halogens is 1. The molecular weight excluding hydrogens is 260 g/mol. The molecule has 0 bridgehead atoms. The first-order valence-corrected chi connectivity index (χ1v) is 6.69. The van der Waals surface area contributed by atoms with Gasteiger partial charge < -0.3 is 11.1 Å². The van der Waals surface area contributed by atoms with E-state index in [1.54, 1.807) is 0 Å². The van der Waals surface area contributed by atoms with Crippen molar-refractivity contribution in [3.8, 4) is 0 Å². The van der Waals surface area contributed by atoms with E-state index in [0.717, 1.165) is 19.3 Å². The lowest BCUT2D eigenvalue weighted by Crippen LogP contribution is -2.54. The fraction of sp³-hybridized carbons (Fsp3) is 0.533. The van der Waals surface area contributed by atoms with E-state index in [-0.39, 0.29) is 23.9 Å². The van der Waals surface area contributed by atoms with Crippen LogP contribution in [-0.4, -0.2) is 18.0 Å². The topological polar surface area (TPSA) is 55.1 Å². The summed E-state index contributed by atoms with van der Waals surface area (Å²) >= 11 is 0. The molecule has 1 aromatic carbocycles. The summed E-state index contributed by atoms with van der Waals surface area (Å²) in [4.78, 5) is 11.7. The van der Waals surface area contributed by atoms with Gasteiger partial charge in [-0.25, -0.2) is 0 Å². The molecule has 0 saturated heterocycles. The summed E-state index contributed by atoms with van der Waals surface area (Å²) < 4.78 is 0. The van der Waals surface area contributed by atoms with Crippen molar-refractivity contribution < 1.29 is 4.79 Å². The van der Waals surface area contributed by atoms with Gasteiger partial charge in [0, 0.05) is 18.5 Å². The van der Waals surface area contributed by atoms with E-state index >= 15 is 0 Å². The number of aryl methyl sites for hydroxylation is 2. The molecule has 0 spiro atoms. The van der Waals surface area contributed by atoms with Crippen molar-refractivity contribution >= 4 is 18.3 Å². The summed E-state index contributed by atoms with van der Waals surface area (Å²) in [5.74, 6) is 0.106. The second-order valence-corrected chi connectivity index (χ2v) is 5.42. The predicted octanol–water partition coefficient (Wildman–Crippen LogP) is 2.35. The summed E-state index contributed by atoms with van der Waals surface area (Å²) in [6.07, 6.45) is 4.60. The highest BCUT2D eigenvalue weighted by molar-refractivity contribution is 5.85. The number of nitrogens with two attached hydrogens (primary N) is 1. The van der Waals surface area contributed by atoms with Crippen molar-refractivity contribution in [2.24, 2.45) is 5.73 Å².